The number of rotatable bonds is 3. The SMILES string of the molecule is CCO[C@H]1CC[C@H](C=O)OC1. The Morgan fingerprint density at radius 2 is 2.45 bits per heavy atom. The quantitative estimate of drug-likeness (QED) is 0.569. The Morgan fingerprint density at radius 1 is 1.64 bits per heavy atom. The van der Waals surface area contributed by atoms with Crippen LogP contribution in [0, 0.1) is 0 Å². The molecule has 3 heteroatoms. The van der Waals surface area contributed by atoms with E-state index in [2.05, 4.69) is 0 Å². The van der Waals surface area contributed by atoms with Crippen LogP contribution in [0.1, 0.15) is 19.8 Å². The van der Waals surface area contributed by atoms with Gasteiger partial charge in [-0.1, -0.05) is 0 Å². The molecule has 11 heavy (non-hydrogen) atoms. The van der Waals surface area contributed by atoms with Crippen LogP contribution in [0.3, 0.4) is 0 Å². The average molecular weight is 158 g/mol. The van der Waals surface area contributed by atoms with Crippen molar-refractivity contribution in [1.82, 2.24) is 0 Å². The Bertz CT molecular complexity index is 117. The summed E-state index contributed by atoms with van der Waals surface area (Å²) < 4.78 is 10.5. The maximum atomic E-state index is 10.3. The molecule has 0 aliphatic carbocycles. The summed E-state index contributed by atoms with van der Waals surface area (Å²) in [5, 5.41) is 0. The van der Waals surface area contributed by atoms with Gasteiger partial charge in [0.1, 0.15) is 12.4 Å². The lowest BCUT2D eigenvalue weighted by Crippen LogP contribution is -2.32. The molecule has 0 saturated carbocycles. The minimum Gasteiger partial charge on any atom is -0.376 e. The van der Waals surface area contributed by atoms with Crippen LogP contribution < -0.4 is 0 Å². The molecule has 1 saturated heterocycles. The maximum absolute atomic E-state index is 10.3. The van der Waals surface area contributed by atoms with Crippen LogP contribution in [0.5, 0.6) is 0 Å². The standard InChI is InChI=1S/C8H14O3/c1-2-10-8-4-3-7(5-9)11-6-8/h5,7-8H,2-4,6H2,1H3/t7-,8+/m1/s1. The highest BCUT2D eigenvalue weighted by molar-refractivity contribution is 5.56. The smallest absolute Gasteiger partial charge is 0.148 e. The zero-order valence-corrected chi connectivity index (χ0v) is 6.79. The zero-order valence-electron chi connectivity index (χ0n) is 6.79. The second-order valence-electron chi connectivity index (χ2n) is 2.66. The first-order valence-electron chi connectivity index (χ1n) is 4.05. The summed E-state index contributed by atoms with van der Waals surface area (Å²) in [6.45, 7) is 3.25. The predicted molar refractivity (Wildman–Crippen MR) is 40.5 cm³/mol. The number of hydrogen-bond acceptors (Lipinski definition) is 3. The fourth-order valence-electron chi connectivity index (χ4n) is 1.22. The number of aldehydes is 1. The average Bonchev–Trinajstić information content (AvgIpc) is 2.07. The molecule has 64 valence electrons. The van der Waals surface area contributed by atoms with Crippen molar-refractivity contribution in [2.24, 2.45) is 0 Å². The molecule has 3 nitrogen and oxygen atoms in total. The molecule has 0 N–H and O–H groups in total. The molecule has 1 heterocycles. The molecule has 0 aromatic rings. The molecule has 2 atom stereocenters. The first-order valence-corrected chi connectivity index (χ1v) is 4.05. The van der Waals surface area contributed by atoms with E-state index in [0.717, 1.165) is 25.7 Å². The number of carbonyl (C=O) groups is 1. The van der Waals surface area contributed by atoms with Gasteiger partial charge in [-0.2, -0.15) is 0 Å². The minimum atomic E-state index is -0.188. The summed E-state index contributed by atoms with van der Waals surface area (Å²) in [5.74, 6) is 0. The summed E-state index contributed by atoms with van der Waals surface area (Å²) in [4.78, 5) is 10.3. The van der Waals surface area contributed by atoms with Crippen molar-refractivity contribution >= 4 is 6.29 Å². The predicted octanol–water partition coefficient (Wildman–Crippen LogP) is 0.769. The Balaban J connectivity index is 2.18. The van der Waals surface area contributed by atoms with Crippen molar-refractivity contribution in [1.29, 1.82) is 0 Å². The normalized spacial score (nSPS) is 31.7. The van der Waals surface area contributed by atoms with Gasteiger partial charge in [-0.25, -0.2) is 0 Å². The highest BCUT2D eigenvalue weighted by Gasteiger charge is 2.20. The third-order valence-corrected chi connectivity index (χ3v) is 1.82. The van der Waals surface area contributed by atoms with E-state index in [9.17, 15) is 4.79 Å². The van der Waals surface area contributed by atoms with Gasteiger partial charge in [-0.15, -0.1) is 0 Å². The van der Waals surface area contributed by atoms with Gasteiger partial charge in [-0.3, -0.25) is 0 Å². The van der Waals surface area contributed by atoms with Gasteiger partial charge in [0, 0.05) is 6.61 Å². The van der Waals surface area contributed by atoms with Crippen molar-refractivity contribution in [2.75, 3.05) is 13.2 Å². The molecule has 0 aromatic carbocycles. The molecule has 1 rings (SSSR count). The molecular weight excluding hydrogens is 144 g/mol. The summed E-state index contributed by atoms with van der Waals surface area (Å²) in [6, 6.07) is 0. The molecule has 0 amide bonds. The summed E-state index contributed by atoms with van der Waals surface area (Å²) in [6.07, 6.45) is 2.62. The van der Waals surface area contributed by atoms with Crippen molar-refractivity contribution in [3.8, 4) is 0 Å². The van der Waals surface area contributed by atoms with Crippen molar-refractivity contribution < 1.29 is 14.3 Å². The first kappa shape index (κ1) is 8.68. The molecule has 1 aliphatic rings. The van der Waals surface area contributed by atoms with Crippen molar-refractivity contribution in [3.63, 3.8) is 0 Å². The molecule has 1 fully saturated rings. The third kappa shape index (κ3) is 2.60. The highest BCUT2D eigenvalue weighted by atomic mass is 16.5. The fraction of sp³-hybridized carbons (Fsp3) is 0.875. The molecule has 0 spiro atoms. The van der Waals surface area contributed by atoms with E-state index in [1.54, 1.807) is 0 Å². The summed E-state index contributed by atoms with van der Waals surface area (Å²) >= 11 is 0. The van der Waals surface area contributed by atoms with E-state index in [-0.39, 0.29) is 12.2 Å². The fourth-order valence-corrected chi connectivity index (χ4v) is 1.22. The highest BCUT2D eigenvalue weighted by Crippen LogP contribution is 2.14. The van der Waals surface area contributed by atoms with Gasteiger partial charge in [0.2, 0.25) is 0 Å². The van der Waals surface area contributed by atoms with Crippen LogP contribution in [0.2, 0.25) is 0 Å². The van der Waals surface area contributed by atoms with Crippen LogP contribution in [0.25, 0.3) is 0 Å². The van der Waals surface area contributed by atoms with Crippen LogP contribution in [-0.2, 0) is 14.3 Å². The number of hydrogen-bond donors (Lipinski definition) is 0. The lowest BCUT2D eigenvalue weighted by Gasteiger charge is -2.25. The Kier molecular flexibility index (Phi) is 3.52. The zero-order chi connectivity index (χ0) is 8.10. The third-order valence-electron chi connectivity index (χ3n) is 1.82. The summed E-state index contributed by atoms with van der Waals surface area (Å²) in [5.41, 5.74) is 0. The van der Waals surface area contributed by atoms with Gasteiger partial charge in [0.15, 0.2) is 0 Å². The molecular formula is C8H14O3. The minimum absolute atomic E-state index is 0.188. The van der Waals surface area contributed by atoms with E-state index in [4.69, 9.17) is 9.47 Å². The van der Waals surface area contributed by atoms with E-state index >= 15 is 0 Å². The van der Waals surface area contributed by atoms with Gasteiger partial charge in [0.05, 0.1) is 12.7 Å². The molecule has 0 radical (unpaired) electrons. The van der Waals surface area contributed by atoms with E-state index < -0.39 is 0 Å². The van der Waals surface area contributed by atoms with Gasteiger partial charge in [0.25, 0.3) is 0 Å². The Labute approximate surface area is 66.7 Å². The maximum Gasteiger partial charge on any atom is 0.148 e. The molecule has 0 unspecified atom stereocenters. The number of carbonyl (C=O) groups excluding carboxylic acids is 1. The van der Waals surface area contributed by atoms with Gasteiger partial charge < -0.3 is 14.3 Å². The van der Waals surface area contributed by atoms with Crippen LogP contribution >= 0.6 is 0 Å². The first-order chi connectivity index (χ1) is 5.36. The van der Waals surface area contributed by atoms with Crippen molar-refractivity contribution in [2.45, 2.75) is 32.0 Å². The van der Waals surface area contributed by atoms with Crippen LogP contribution in [-0.4, -0.2) is 31.7 Å². The van der Waals surface area contributed by atoms with Crippen molar-refractivity contribution in [3.05, 3.63) is 0 Å². The van der Waals surface area contributed by atoms with E-state index in [0.29, 0.717) is 6.61 Å². The number of ether oxygens (including phenoxy) is 2. The van der Waals surface area contributed by atoms with E-state index in [1.165, 1.54) is 0 Å². The second-order valence-corrected chi connectivity index (χ2v) is 2.66. The molecule has 1 aliphatic heterocycles. The lowest BCUT2D eigenvalue weighted by molar-refractivity contribution is -0.128. The topological polar surface area (TPSA) is 35.5 Å². The summed E-state index contributed by atoms with van der Waals surface area (Å²) in [7, 11) is 0. The monoisotopic (exact) mass is 158 g/mol. The molecule has 0 aromatic heterocycles. The van der Waals surface area contributed by atoms with Crippen LogP contribution in [0.4, 0.5) is 0 Å². The Hall–Kier alpha value is -0.410. The van der Waals surface area contributed by atoms with Gasteiger partial charge >= 0.3 is 0 Å². The Morgan fingerprint density at radius 3 is 2.91 bits per heavy atom. The van der Waals surface area contributed by atoms with Gasteiger partial charge in [-0.05, 0) is 19.8 Å². The van der Waals surface area contributed by atoms with Crippen LogP contribution in [0.15, 0.2) is 0 Å². The largest absolute Gasteiger partial charge is 0.376 e. The lowest BCUT2D eigenvalue weighted by atomic mass is 10.1. The second kappa shape index (κ2) is 4.46. The molecule has 0 bridgehead atoms. The van der Waals surface area contributed by atoms with E-state index in [1.807, 2.05) is 6.92 Å².